The molecule has 4 nitrogen and oxygen atoms in total. The smallest absolute Gasteiger partial charge is 0.121 e. The van der Waals surface area contributed by atoms with Gasteiger partial charge >= 0.3 is 0 Å². The van der Waals surface area contributed by atoms with Crippen molar-refractivity contribution in [3.63, 3.8) is 0 Å². The van der Waals surface area contributed by atoms with Gasteiger partial charge in [0.05, 0.1) is 11.4 Å². The second-order valence-corrected chi connectivity index (χ2v) is 5.61. The molecule has 3 rings (SSSR count). The maximum absolute atomic E-state index is 4.74. The largest absolute Gasteiger partial charge is 0.344 e. The van der Waals surface area contributed by atoms with Gasteiger partial charge in [-0.15, -0.1) is 11.3 Å². The predicted octanol–water partition coefficient (Wildman–Crippen LogP) is 1.85. The summed E-state index contributed by atoms with van der Waals surface area (Å²) in [6.45, 7) is 7.40. The zero-order valence-corrected chi connectivity index (χ0v) is 11.4. The number of thiophene rings is 1. The number of aromatic amines is 1. The Morgan fingerprint density at radius 1 is 1.39 bits per heavy atom. The van der Waals surface area contributed by atoms with E-state index in [1.165, 1.54) is 10.6 Å². The molecule has 2 N–H and O–H groups in total. The number of nitrogens with one attached hydrogen (secondary N) is 2. The molecule has 1 aliphatic heterocycles. The van der Waals surface area contributed by atoms with Crippen molar-refractivity contribution in [2.45, 2.75) is 13.5 Å². The molecular weight excluding hydrogens is 244 g/mol. The van der Waals surface area contributed by atoms with Crippen LogP contribution in [0.25, 0.3) is 10.6 Å². The summed E-state index contributed by atoms with van der Waals surface area (Å²) in [6.07, 6.45) is 0. The third kappa shape index (κ3) is 2.48. The van der Waals surface area contributed by atoms with E-state index in [1.54, 1.807) is 11.3 Å². The average molecular weight is 262 g/mol. The number of hydrogen-bond acceptors (Lipinski definition) is 4. The standard InChI is InChI=1S/C13H18N4S/c1-10-13(11-3-2-8-18-11)16-12(15-10)9-17-6-4-14-5-7-17/h2-3,8,14H,4-7,9H2,1H3,(H,15,16). The van der Waals surface area contributed by atoms with Gasteiger partial charge in [0.25, 0.3) is 0 Å². The maximum Gasteiger partial charge on any atom is 0.121 e. The normalized spacial score (nSPS) is 17.2. The van der Waals surface area contributed by atoms with Gasteiger partial charge in [0.15, 0.2) is 0 Å². The lowest BCUT2D eigenvalue weighted by Gasteiger charge is -2.26. The molecule has 0 unspecified atom stereocenters. The number of aryl methyl sites for hydroxylation is 1. The van der Waals surface area contributed by atoms with Crippen LogP contribution in [0.3, 0.4) is 0 Å². The first kappa shape index (κ1) is 11.9. The molecule has 0 spiro atoms. The zero-order valence-electron chi connectivity index (χ0n) is 10.6. The van der Waals surface area contributed by atoms with E-state index in [9.17, 15) is 0 Å². The molecule has 5 heteroatoms. The van der Waals surface area contributed by atoms with Gasteiger partial charge in [-0.1, -0.05) is 6.07 Å². The minimum Gasteiger partial charge on any atom is -0.344 e. The zero-order chi connectivity index (χ0) is 12.4. The summed E-state index contributed by atoms with van der Waals surface area (Å²) in [5.41, 5.74) is 2.28. The van der Waals surface area contributed by atoms with E-state index < -0.39 is 0 Å². The number of H-pyrrole nitrogens is 1. The van der Waals surface area contributed by atoms with Crippen molar-refractivity contribution in [3.8, 4) is 10.6 Å². The van der Waals surface area contributed by atoms with Gasteiger partial charge < -0.3 is 10.3 Å². The molecule has 2 aromatic rings. The van der Waals surface area contributed by atoms with Crippen molar-refractivity contribution in [1.29, 1.82) is 0 Å². The van der Waals surface area contributed by atoms with E-state index in [0.29, 0.717) is 0 Å². The van der Waals surface area contributed by atoms with Crippen molar-refractivity contribution in [3.05, 3.63) is 29.0 Å². The summed E-state index contributed by atoms with van der Waals surface area (Å²) < 4.78 is 0. The molecule has 0 atom stereocenters. The molecule has 1 aliphatic rings. The maximum atomic E-state index is 4.74. The van der Waals surface area contributed by atoms with E-state index in [0.717, 1.165) is 44.2 Å². The highest BCUT2D eigenvalue weighted by Crippen LogP contribution is 2.26. The second-order valence-electron chi connectivity index (χ2n) is 4.66. The Bertz CT molecular complexity index is 497. The van der Waals surface area contributed by atoms with E-state index in [-0.39, 0.29) is 0 Å². The molecule has 0 amide bonds. The van der Waals surface area contributed by atoms with E-state index >= 15 is 0 Å². The van der Waals surface area contributed by atoms with E-state index in [4.69, 9.17) is 4.98 Å². The molecule has 1 fully saturated rings. The van der Waals surface area contributed by atoms with Gasteiger partial charge in [-0.3, -0.25) is 4.90 Å². The number of imidazole rings is 1. The van der Waals surface area contributed by atoms with Crippen LogP contribution in [0.2, 0.25) is 0 Å². The summed E-state index contributed by atoms with van der Waals surface area (Å²) in [5, 5.41) is 5.47. The third-order valence-corrected chi connectivity index (χ3v) is 4.15. The quantitative estimate of drug-likeness (QED) is 0.887. The highest BCUT2D eigenvalue weighted by atomic mass is 32.1. The van der Waals surface area contributed by atoms with Gasteiger partial charge in [0, 0.05) is 31.9 Å². The van der Waals surface area contributed by atoms with Crippen LogP contribution in [0.4, 0.5) is 0 Å². The fourth-order valence-corrected chi connectivity index (χ4v) is 3.10. The first-order valence-electron chi connectivity index (χ1n) is 6.35. The lowest BCUT2D eigenvalue weighted by atomic mass is 10.3. The van der Waals surface area contributed by atoms with Gasteiger partial charge in [-0.05, 0) is 18.4 Å². The van der Waals surface area contributed by atoms with Crippen molar-refractivity contribution in [2.75, 3.05) is 26.2 Å². The van der Waals surface area contributed by atoms with Gasteiger partial charge in [0.2, 0.25) is 0 Å². The fraction of sp³-hybridized carbons (Fsp3) is 0.462. The molecule has 18 heavy (non-hydrogen) atoms. The average Bonchev–Trinajstić information content (AvgIpc) is 3.00. The molecular formula is C13H18N4S. The molecule has 2 aromatic heterocycles. The fourth-order valence-electron chi connectivity index (χ4n) is 2.33. The molecule has 1 saturated heterocycles. The van der Waals surface area contributed by atoms with Crippen LogP contribution in [0, 0.1) is 6.92 Å². The van der Waals surface area contributed by atoms with Crippen molar-refractivity contribution >= 4 is 11.3 Å². The van der Waals surface area contributed by atoms with Crippen LogP contribution in [0.1, 0.15) is 11.5 Å². The first-order valence-corrected chi connectivity index (χ1v) is 7.23. The Labute approximate surface area is 111 Å². The van der Waals surface area contributed by atoms with Gasteiger partial charge in [-0.2, -0.15) is 0 Å². The van der Waals surface area contributed by atoms with Crippen LogP contribution < -0.4 is 5.32 Å². The summed E-state index contributed by atoms with van der Waals surface area (Å²) in [7, 11) is 0. The van der Waals surface area contributed by atoms with E-state index in [2.05, 4.69) is 39.6 Å². The number of nitrogens with zero attached hydrogens (tertiary/aromatic N) is 2. The molecule has 3 heterocycles. The first-order chi connectivity index (χ1) is 8.83. The number of hydrogen-bond donors (Lipinski definition) is 2. The van der Waals surface area contributed by atoms with Crippen molar-refractivity contribution in [1.82, 2.24) is 20.2 Å². The molecule has 0 saturated carbocycles. The van der Waals surface area contributed by atoms with Gasteiger partial charge in [-0.25, -0.2) is 4.98 Å². The summed E-state index contributed by atoms with van der Waals surface area (Å²) in [4.78, 5) is 11.8. The number of aromatic nitrogens is 2. The van der Waals surface area contributed by atoms with Crippen LogP contribution in [0.15, 0.2) is 17.5 Å². The Morgan fingerprint density at radius 2 is 2.22 bits per heavy atom. The molecule has 0 radical (unpaired) electrons. The summed E-state index contributed by atoms with van der Waals surface area (Å²) in [6, 6.07) is 4.20. The third-order valence-electron chi connectivity index (χ3n) is 3.27. The number of rotatable bonds is 3. The summed E-state index contributed by atoms with van der Waals surface area (Å²) in [5.74, 6) is 1.08. The molecule has 0 bridgehead atoms. The lowest BCUT2D eigenvalue weighted by molar-refractivity contribution is 0.228. The Kier molecular flexibility index (Phi) is 3.45. The highest BCUT2D eigenvalue weighted by Gasteiger charge is 2.14. The van der Waals surface area contributed by atoms with Crippen molar-refractivity contribution < 1.29 is 0 Å². The Morgan fingerprint density at radius 3 is 2.94 bits per heavy atom. The minimum atomic E-state index is 0.924. The topological polar surface area (TPSA) is 44.0 Å². The van der Waals surface area contributed by atoms with Crippen LogP contribution in [-0.2, 0) is 6.54 Å². The van der Waals surface area contributed by atoms with Crippen LogP contribution >= 0.6 is 11.3 Å². The monoisotopic (exact) mass is 262 g/mol. The SMILES string of the molecule is Cc1[nH]c(CN2CCNCC2)nc1-c1cccs1. The van der Waals surface area contributed by atoms with E-state index in [1.807, 2.05) is 0 Å². The molecule has 0 aliphatic carbocycles. The number of piperazine rings is 1. The Balaban J connectivity index is 1.75. The Hall–Kier alpha value is -1.17. The molecule has 96 valence electrons. The summed E-state index contributed by atoms with van der Waals surface area (Å²) >= 11 is 1.74. The highest BCUT2D eigenvalue weighted by molar-refractivity contribution is 7.13. The molecule has 0 aromatic carbocycles. The lowest BCUT2D eigenvalue weighted by Crippen LogP contribution is -2.43. The second kappa shape index (κ2) is 5.22. The van der Waals surface area contributed by atoms with Crippen molar-refractivity contribution in [2.24, 2.45) is 0 Å². The van der Waals surface area contributed by atoms with Crippen LogP contribution in [-0.4, -0.2) is 41.0 Å². The predicted molar refractivity (Wildman–Crippen MR) is 74.8 cm³/mol. The van der Waals surface area contributed by atoms with Gasteiger partial charge in [0.1, 0.15) is 11.5 Å². The van der Waals surface area contributed by atoms with Crippen LogP contribution in [0.5, 0.6) is 0 Å². The minimum absolute atomic E-state index is 0.924.